The topological polar surface area (TPSA) is 47.8 Å². The lowest BCUT2D eigenvalue weighted by Gasteiger charge is -2.10. The molecule has 0 unspecified atom stereocenters. The number of pyridine rings is 1. The van der Waals surface area contributed by atoms with Crippen LogP contribution in [0, 0.1) is 13.8 Å². The van der Waals surface area contributed by atoms with Gasteiger partial charge in [0.2, 0.25) is 0 Å². The lowest BCUT2D eigenvalue weighted by molar-refractivity contribution is 0.105. The second kappa shape index (κ2) is 9.17. The summed E-state index contributed by atoms with van der Waals surface area (Å²) in [5, 5.41) is 6.86. The van der Waals surface area contributed by atoms with Gasteiger partial charge in [0.25, 0.3) is 0 Å². The Balaban J connectivity index is 1.61. The molecule has 0 bridgehead atoms. The van der Waals surface area contributed by atoms with E-state index in [2.05, 4.69) is 23.2 Å². The molecule has 0 N–H and O–H groups in total. The quantitative estimate of drug-likeness (QED) is 0.197. The number of para-hydroxylation sites is 2. The molecular weight excluding hydrogens is 446 g/mol. The number of nitrogens with zero attached hydrogens (tertiary/aromatic N) is 3. The highest BCUT2D eigenvalue weighted by molar-refractivity contribution is 7.99. The molecule has 0 radical (unpaired) electrons. The number of carbonyl (C=O) groups excluding carboxylic acids is 1. The van der Waals surface area contributed by atoms with Crippen LogP contribution in [-0.4, -0.2) is 20.5 Å². The Morgan fingerprint density at radius 3 is 2.58 bits per heavy atom. The first-order chi connectivity index (χ1) is 16.1. The highest BCUT2D eigenvalue weighted by Crippen LogP contribution is 2.37. The lowest BCUT2D eigenvalue weighted by atomic mass is 10.2. The molecule has 5 rings (SSSR count). The van der Waals surface area contributed by atoms with E-state index in [0.29, 0.717) is 0 Å². The normalized spacial score (nSPS) is 11.5. The van der Waals surface area contributed by atoms with Crippen molar-refractivity contribution in [3.05, 3.63) is 106 Å². The van der Waals surface area contributed by atoms with Crippen molar-refractivity contribution in [3.8, 4) is 5.69 Å². The van der Waals surface area contributed by atoms with Gasteiger partial charge in [-0.05, 0) is 62.4 Å². The number of fused-ring (bicyclic) bond motifs is 1. The number of aryl methyl sites for hydroxylation is 2. The minimum Gasteiger partial charge on any atom is -0.288 e. The van der Waals surface area contributed by atoms with Crippen molar-refractivity contribution in [3.63, 3.8) is 0 Å². The Labute approximate surface area is 200 Å². The van der Waals surface area contributed by atoms with E-state index in [4.69, 9.17) is 5.10 Å². The Kier molecular flexibility index (Phi) is 5.94. The summed E-state index contributed by atoms with van der Waals surface area (Å²) < 4.78 is 1.95. The van der Waals surface area contributed by atoms with Gasteiger partial charge in [-0.25, -0.2) is 4.68 Å². The van der Waals surface area contributed by atoms with Crippen LogP contribution >= 0.6 is 23.1 Å². The minimum absolute atomic E-state index is 0.00254. The van der Waals surface area contributed by atoms with Crippen LogP contribution in [0.15, 0.2) is 95.0 Å². The lowest BCUT2D eigenvalue weighted by Crippen LogP contribution is -1.98. The predicted molar refractivity (Wildman–Crippen MR) is 137 cm³/mol. The maximum atomic E-state index is 12.7. The zero-order chi connectivity index (χ0) is 22.8. The summed E-state index contributed by atoms with van der Waals surface area (Å²) in [4.78, 5) is 20.3. The first-order valence-electron chi connectivity index (χ1n) is 10.6. The SMILES string of the molecule is Cc1ccc(C(=O)/C=C/c2c(C)nn(-c3ccccc3)c2Sc2cccc3cccnc23)s1. The molecule has 0 aliphatic heterocycles. The number of benzene rings is 2. The number of allylic oxidation sites excluding steroid dienone is 1. The highest BCUT2D eigenvalue weighted by Gasteiger charge is 2.18. The van der Waals surface area contributed by atoms with Gasteiger partial charge in [-0.3, -0.25) is 9.78 Å². The van der Waals surface area contributed by atoms with E-state index in [0.717, 1.165) is 47.5 Å². The van der Waals surface area contributed by atoms with Crippen molar-refractivity contribution in [2.45, 2.75) is 23.8 Å². The van der Waals surface area contributed by atoms with Crippen molar-refractivity contribution < 1.29 is 4.79 Å². The van der Waals surface area contributed by atoms with Gasteiger partial charge in [0.1, 0.15) is 5.03 Å². The van der Waals surface area contributed by atoms with Gasteiger partial charge in [0.05, 0.1) is 21.8 Å². The number of thiophene rings is 1. The average Bonchev–Trinajstić information content (AvgIpc) is 3.41. The smallest absolute Gasteiger partial charge is 0.195 e. The van der Waals surface area contributed by atoms with Gasteiger partial charge >= 0.3 is 0 Å². The largest absolute Gasteiger partial charge is 0.288 e. The predicted octanol–water partition coefficient (Wildman–Crippen LogP) is 7.15. The van der Waals surface area contributed by atoms with Crippen molar-refractivity contribution >= 4 is 45.9 Å². The van der Waals surface area contributed by atoms with Crippen molar-refractivity contribution in [1.29, 1.82) is 0 Å². The van der Waals surface area contributed by atoms with Crippen LogP contribution in [0.4, 0.5) is 0 Å². The Hall–Kier alpha value is -3.48. The van der Waals surface area contributed by atoms with Gasteiger partial charge in [0.15, 0.2) is 5.78 Å². The van der Waals surface area contributed by atoms with Crippen LogP contribution in [0.2, 0.25) is 0 Å². The van der Waals surface area contributed by atoms with Crippen LogP contribution < -0.4 is 0 Å². The number of carbonyl (C=O) groups is 1. The van der Waals surface area contributed by atoms with Gasteiger partial charge in [-0.2, -0.15) is 5.10 Å². The van der Waals surface area contributed by atoms with Crippen LogP contribution in [0.3, 0.4) is 0 Å². The first-order valence-corrected chi connectivity index (χ1v) is 12.2. The van der Waals surface area contributed by atoms with E-state index in [1.165, 1.54) is 11.3 Å². The van der Waals surface area contributed by atoms with Gasteiger partial charge in [-0.1, -0.05) is 48.2 Å². The molecule has 0 aliphatic carbocycles. The summed E-state index contributed by atoms with van der Waals surface area (Å²) in [5.41, 5.74) is 3.71. The molecule has 162 valence electrons. The molecule has 0 atom stereocenters. The number of ketones is 1. The summed E-state index contributed by atoms with van der Waals surface area (Å²) in [6.45, 7) is 3.98. The molecule has 0 fully saturated rings. The van der Waals surface area contributed by atoms with E-state index in [-0.39, 0.29) is 5.78 Å². The highest BCUT2D eigenvalue weighted by atomic mass is 32.2. The average molecular weight is 468 g/mol. The van der Waals surface area contributed by atoms with Crippen LogP contribution in [0.25, 0.3) is 22.7 Å². The zero-order valence-corrected chi connectivity index (χ0v) is 19.9. The Bertz CT molecular complexity index is 1480. The maximum Gasteiger partial charge on any atom is 0.195 e. The maximum absolute atomic E-state index is 12.7. The number of rotatable bonds is 6. The van der Waals surface area contributed by atoms with Crippen molar-refractivity contribution in [2.24, 2.45) is 0 Å². The van der Waals surface area contributed by atoms with E-state index in [9.17, 15) is 4.79 Å². The zero-order valence-electron chi connectivity index (χ0n) is 18.2. The summed E-state index contributed by atoms with van der Waals surface area (Å²) in [7, 11) is 0. The van der Waals surface area contributed by atoms with Crippen LogP contribution in [0.1, 0.15) is 25.8 Å². The minimum atomic E-state index is 0.00254. The number of hydrogen-bond acceptors (Lipinski definition) is 5. The molecule has 0 amide bonds. The Morgan fingerprint density at radius 1 is 0.970 bits per heavy atom. The summed E-state index contributed by atoms with van der Waals surface area (Å²) in [6.07, 6.45) is 5.35. The van der Waals surface area contributed by atoms with E-state index in [1.54, 1.807) is 17.8 Å². The monoisotopic (exact) mass is 467 g/mol. The Morgan fingerprint density at radius 2 is 1.79 bits per heavy atom. The van der Waals surface area contributed by atoms with Gasteiger partial charge in [0, 0.05) is 26.9 Å². The molecule has 33 heavy (non-hydrogen) atoms. The fourth-order valence-electron chi connectivity index (χ4n) is 3.62. The van der Waals surface area contributed by atoms with E-state index < -0.39 is 0 Å². The second-order valence-electron chi connectivity index (χ2n) is 7.59. The molecule has 3 aromatic heterocycles. The first kappa shape index (κ1) is 21.4. The van der Waals surface area contributed by atoms with Crippen LogP contribution in [-0.2, 0) is 0 Å². The third kappa shape index (κ3) is 4.40. The summed E-state index contributed by atoms with van der Waals surface area (Å²) >= 11 is 3.13. The summed E-state index contributed by atoms with van der Waals surface area (Å²) in [5.74, 6) is 0.00254. The van der Waals surface area contributed by atoms with Gasteiger partial charge in [-0.15, -0.1) is 11.3 Å². The van der Waals surface area contributed by atoms with Crippen molar-refractivity contribution in [1.82, 2.24) is 14.8 Å². The van der Waals surface area contributed by atoms with Crippen LogP contribution in [0.5, 0.6) is 0 Å². The van der Waals surface area contributed by atoms with E-state index in [1.807, 2.05) is 85.4 Å². The molecular formula is C27H21N3OS2. The molecule has 0 aliphatic rings. The molecule has 0 saturated carbocycles. The standard InChI is InChI=1S/C27H21N3OS2/c1-18-13-16-24(32-18)23(31)15-14-22-19(2)29-30(21-10-4-3-5-11-21)27(22)33-25-12-6-8-20-9-7-17-28-26(20)25/h3-17H,1-2H3/b15-14+. The fraction of sp³-hybridized carbons (Fsp3) is 0.0741. The molecule has 3 heterocycles. The third-order valence-corrected chi connectivity index (χ3v) is 7.40. The van der Waals surface area contributed by atoms with Gasteiger partial charge < -0.3 is 0 Å². The molecule has 5 aromatic rings. The molecule has 6 heteroatoms. The molecule has 0 saturated heterocycles. The molecule has 4 nitrogen and oxygen atoms in total. The third-order valence-electron chi connectivity index (χ3n) is 5.25. The molecule has 2 aromatic carbocycles. The van der Waals surface area contributed by atoms with Crippen molar-refractivity contribution in [2.75, 3.05) is 0 Å². The molecule has 0 spiro atoms. The fourth-order valence-corrected chi connectivity index (χ4v) is 5.59. The van der Waals surface area contributed by atoms with E-state index >= 15 is 0 Å². The summed E-state index contributed by atoms with van der Waals surface area (Å²) in [6, 6.07) is 24.1. The number of hydrogen-bond donors (Lipinski definition) is 0. The second-order valence-corrected chi connectivity index (χ2v) is 9.91. The number of aromatic nitrogens is 3.